The molecule has 2 rings (SSSR count). The van der Waals surface area contributed by atoms with Gasteiger partial charge in [0.15, 0.2) is 0 Å². The Balaban J connectivity index is 1.80. The monoisotopic (exact) mass is 310 g/mol. The summed E-state index contributed by atoms with van der Waals surface area (Å²) in [5.74, 6) is 0.145. The number of carbonyl (C=O) groups excluding carboxylic acids is 1. The Labute approximate surface area is 131 Å². The van der Waals surface area contributed by atoms with Crippen LogP contribution in [-0.2, 0) is 4.79 Å². The Morgan fingerprint density at radius 3 is 2.57 bits per heavy atom. The molecule has 0 bridgehead atoms. The van der Waals surface area contributed by atoms with Gasteiger partial charge in [-0.05, 0) is 30.5 Å². The summed E-state index contributed by atoms with van der Waals surface area (Å²) in [5.41, 5.74) is 1.91. The molecule has 1 fully saturated rings. The van der Waals surface area contributed by atoms with Crippen molar-refractivity contribution in [2.75, 3.05) is 32.7 Å². The fourth-order valence-corrected chi connectivity index (χ4v) is 2.75. The predicted octanol–water partition coefficient (Wildman–Crippen LogP) is 2.24. The third-order valence-electron chi connectivity index (χ3n) is 4.10. The van der Waals surface area contributed by atoms with Crippen LogP contribution < -0.4 is 0 Å². The van der Waals surface area contributed by atoms with E-state index in [1.165, 1.54) is 0 Å². The maximum atomic E-state index is 11.3. The number of aliphatic hydroxyl groups is 1. The molecule has 1 amide bonds. The number of nitrogens with zero attached hydrogens (tertiary/aromatic N) is 2. The minimum atomic E-state index is -0.466. The molecule has 0 saturated carbocycles. The third-order valence-corrected chi connectivity index (χ3v) is 4.53. The second-order valence-corrected chi connectivity index (χ2v) is 6.07. The number of benzene rings is 1. The molecule has 1 aromatic carbocycles. The summed E-state index contributed by atoms with van der Waals surface area (Å²) in [4.78, 5) is 15.4. The van der Waals surface area contributed by atoms with E-state index in [2.05, 4.69) is 4.90 Å². The molecule has 1 aromatic rings. The maximum absolute atomic E-state index is 11.3. The van der Waals surface area contributed by atoms with Crippen LogP contribution in [0.4, 0.5) is 0 Å². The molecule has 0 spiro atoms. The lowest BCUT2D eigenvalue weighted by molar-refractivity contribution is -0.130. The van der Waals surface area contributed by atoms with Gasteiger partial charge < -0.3 is 10.0 Å². The number of rotatable bonds is 4. The highest BCUT2D eigenvalue weighted by Gasteiger charge is 2.19. The minimum absolute atomic E-state index is 0.145. The maximum Gasteiger partial charge on any atom is 0.219 e. The number of amides is 1. The van der Waals surface area contributed by atoms with E-state index < -0.39 is 6.10 Å². The Kier molecular flexibility index (Phi) is 5.62. The second kappa shape index (κ2) is 7.25. The summed E-state index contributed by atoms with van der Waals surface area (Å²) < 4.78 is 0. The molecule has 116 valence electrons. The zero-order valence-corrected chi connectivity index (χ0v) is 13.4. The lowest BCUT2D eigenvalue weighted by Crippen LogP contribution is -2.48. The average Bonchev–Trinajstić information content (AvgIpc) is 2.48. The molecule has 4 nitrogen and oxygen atoms in total. The number of piperazine rings is 1. The van der Waals surface area contributed by atoms with Crippen molar-refractivity contribution in [2.24, 2.45) is 0 Å². The molecule has 1 unspecified atom stereocenters. The normalized spacial score (nSPS) is 17.8. The average molecular weight is 311 g/mol. The smallest absolute Gasteiger partial charge is 0.219 e. The van der Waals surface area contributed by atoms with Crippen molar-refractivity contribution >= 4 is 17.5 Å². The molecule has 1 N–H and O–H groups in total. The van der Waals surface area contributed by atoms with Crippen LogP contribution in [0, 0.1) is 6.92 Å². The van der Waals surface area contributed by atoms with Crippen LogP contribution >= 0.6 is 11.6 Å². The van der Waals surface area contributed by atoms with Crippen LogP contribution in [0.5, 0.6) is 0 Å². The molecule has 1 aliphatic heterocycles. The Morgan fingerprint density at radius 2 is 2.00 bits per heavy atom. The van der Waals surface area contributed by atoms with Gasteiger partial charge in [-0.3, -0.25) is 9.69 Å². The summed E-state index contributed by atoms with van der Waals surface area (Å²) in [5, 5.41) is 11.0. The minimum Gasteiger partial charge on any atom is -0.388 e. The van der Waals surface area contributed by atoms with Gasteiger partial charge in [-0.2, -0.15) is 0 Å². The third kappa shape index (κ3) is 4.43. The molecule has 21 heavy (non-hydrogen) atoms. The van der Waals surface area contributed by atoms with Gasteiger partial charge in [0.2, 0.25) is 5.91 Å². The Bertz CT molecular complexity index is 499. The van der Waals surface area contributed by atoms with Gasteiger partial charge in [0, 0.05) is 44.7 Å². The van der Waals surface area contributed by atoms with Crippen molar-refractivity contribution in [3.63, 3.8) is 0 Å². The van der Waals surface area contributed by atoms with Gasteiger partial charge >= 0.3 is 0 Å². The van der Waals surface area contributed by atoms with E-state index in [9.17, 15) is 9.90 Å². The highest BCUT2D eigenvalue weighted by molar-refractivity contribution is 6.31. The molecule has 0 aliphatic carbocycles. The van der Waals surface area contributed by atoms with Crippen LogP contribution in [0.25, 0.3) is 0 Å². The lowest BCUT2D eigenvalue weighted by Gasteiger charge is -2.34. The molecule has 0 aromatic heterocycles. The van der Waals surface area contributed by atoms with E-state index in [1.807, 2.05) is 30.0 Å². The van der Waals surface area contributed by atoms with E-state index in [1.54, 1.807) is 6.92 Å². The number of aryl methyl sites for hydroxylation is 1. The highest BCUT2D eigenvalue weighted by Crippen LogP contribution is 2.23. The summed E-state index contributed by atoms with van der Waals surface area (Å²) in [6.45, 7) is 7.73. The van der Waals surface area contributed by atoms with Gasteiger partial charge in [0.05, 0.1) is 6.10 Å². The van der Waals surface area contributed by atoms with Gasteiger partial charge in [-0.15, -0.1) is 0 Å². The zero-order valence-electron chi connectivity index (χ0n) is 12.7. The number of halogens is 1. The SMILES string of the molecule is CC(=O)N1CCN(CCC(O)c2ccc(Cl)c(C)c2)CC1. The molecule has 1 heterocycles. The van der Waals surface area contributed by atoms with Crippen molar-refractivity contribution < 1.29 is 9.90 Å². The van der Waals surface area contributed by atoms with Crippen molar-refractivity contribution in [3.8, 4) is 0 Å². The number of aliphatic hydroxyl groups excluding tert-OH is 1. The fourth-order valence-electron chi connectivity index (χ4n) is 2.63. The number of hydrogen-bond acceptors (Lipinski definition) is 3. The van der Waals surface area contributed by atoms with E-state index >= 15 is 0 Å². The zero-order chi connectivity index (χ0) is 15.4. The van der Waals surface area contributed by atoms with Gasteiger partial charge in [0.25, 0.3) is 0 Å². The second-order valence-electron chi connectivity index (χ2n) is 5.66. The summed E-state index contributed by atoms with van der Waals surface area (Å²) in [6.07, 6.45) is 0.230. The molecular formula is C16H23ClN2O2. The molecule has 1 saturated heterocycles. The molecule has 5 heteroatoms. The van der Waals surface area contributed by atoms with Gasteiger partial charge in [-0.1, -0.05) is 23.7 Å². The highest BCUT2D eigenvalue weighted by atomic mass is 35.5. The molecule has 1 atom stereocenters. The van der Waals surface area contributed by atoms with Crippen molar-refractivity contribution in [3.05, 3.63) is 34.3 Å². The van der Waals surface area contributed by atoms with Crippen molar-refractivity contribution in [2.45, 2.75) is 26.4 Å². The molecule has 1 aliphatic rings. The van der Waals surface area contributed by atoms with E-state index in [0.717, 1.165) is 48.9 Å². The first-order chi connectivity index (χ1) is 9.97. The van der Waals surface area contributed by atoms with Crippen molar-refractivity contribution in [1.82, 2.24) is 9.80 Å². The number of hydrogen-bond donors (Lipinski definition) is 1. The summed E-state index contributed by atoms with van der Waals surface area (Å²) >= 11 is 6.00. The summed E-state index contributed by atoms with van der Waals surface area (Å²) in [6, 6.07) is 5.66. The lowest BCUT2D eigenvalue weighted by atomic mass is 10.0. The fraction of sp³-hybridized carbons (Fsp3) is 0.562. The summed E-state index contributed by atoms with van der Waals surface area (Å²) in [7, 11) is 0. The van der Waals surface area contributed by atoms with Gasteiger partial charge in [-0.25, -0.2) is 0 Å². The first-order valence-electron chi connectivity index (χ1n) is 7.39. The van der Waals surface area contributed by atoms with Crippen LogP contribution in [0.3, 0.4) is 0 Å². The van der Waals surface area contributed by atoms with Crippen LogP contribution in [-0.4, -0.2) is 53.5 Å². The van der Waals surface area contributed by atoms with E-state index in [4.69, 9.17) is 11.6 Å². The first-order valence-corrected chi connectivity index (χ1v) is 7.77. The molecular weight excluding hydrogens is 288 g/mol. The Hall–Kier alpha value is -1.10. The van der Waals surface area contributed by atoms with E-state index in [0.29, 0.717) is 6.42 Å². The van der Waals surface area contributed by atoms with Crippen LogP contribution in [0.1, 0.15) is 30.6 Å². The predicted molar refractivity (Wildman–Crippen MR) is 84.5 cm³/mol. The topological polar surface area (TPSA) is 43.8 Å². The van der Waals surface area contributed by atoms with E-state index in [-0.39, 0.29) is 5.91 Å². The largest absolute Gasteiger partial charge is 0.388 e. The van der Waals surface area contributed by atoms with Gasteiger partial charge in [0.1, 0.15) is 0 Å². The quantitative estimate of drug-likeness (QED) is 0.927. The van der Waals surface area contributed by atoms with Crippen LogP contribution in [0.15, 0.2) is 18.2 Å². The standard InChI is InChI=1S/C16H23ClN2O2/c1-12-11-14(3-4-15(12)17)16(21)5-6-18-7-9-19(10-8-18)13(2)20/h3-4,11,16,21H,5-10H2,1-2H3. The molecule has 0 radical (unpaired) electrons. The number of carbonyl (C=O) groups is 1. The Morgan fingerprint density at radius 1 is 1.33 bits per heavy atom. The van der Waals surface area contributed by atoms with Crippen molar-refractivity contribution in [1.29, 1.82) is 0 Å². The van der Waals surface area contributed by atoms with Crippen LogP contribution in [0.2, 0.25) is 5.02 Å². The first kappa shape index (κ1) is 16.3.